The van der Waals surface area contributed by atoms with E-state index in [1.165, 1.54) is 5.56 Å². The molecule has 2 unspecified atom stereocenters. The molecule has 0 fully saturated rings. The van der Waals surface area contributed by atoms with Crippen LogP contribution in [0.3, 0.4) is 0 Å². The number of hydrogen-bond donors (Lipinski definition) is 2. The quantitative estimate of drug-likeness (QED) is 0.245. The van der Waals surface area contributed by atoms with Crippen LogP contribution >= 0.6 is 11.8 Å². The summed E-state index contributed by atoms with van der Waals surface area (Å²) in [6.07, 6.45) is 0.904. The van der Waals surface area contributed by atoms with Gasteiger partial charge >= 0.3 is 0 Å². The molecule has 2 aromatic carbocycles. The number of aliphatic hydroxyl groups is 2. The molecular formula is C31H70O4S. The second-order valence-electron chi connectivity index (χ2n) is 5.27. The summed E-state index contributed by atoms with van der Waals surface area (Å²) in [4.78, 5) is 0. The molecule has 2 atom stereocenters. The largest absolute Gasteiger partial charge is 0.371 e. The number of hydrogen-bond acceptors (Lipinski definition) is 5. The van der Waals surface area contributed by atoms with Gasteiger partial charge in [-0.05, 0) is 24.5 Å². The monoisotopic (exact) mass is 538 g/mol. The molecule has 0 aliphatic carbocycles. The molecule has 4 nitrogen and oxygen atoms in total. The fourth-order valence-electron chi connectivity index (χ4n) is 2.22. The Kier molecular flexibility index (Phi) is 84.1. The van der Waals surface area contributed by atoms with Gasteiger partial charge in [0.05, 0.1) is 12.0 Å². The first-order chi connectivity index (χ1) is 13.2. The lowest BCUT2D eigenvalue weighted by molar-refractivity contribution is -0.0528. The van der Waals surface area contributed by atoms with Gasteiger partial charge in [0.2, 0.25) is 0 Å². The molecule has 0 heterocycles. The summed E-state index contributed by atoms with van der Waals surface area (Å²) in [5.74, 6) is 0.534. The number of benzene rings is 2. The minimum absolute atomic E-state index is 0. The first kappa shape index (κ1) is 64.6. The van der Waals surface area contributed by atoms with Crippen LogP contribution in [0.1, 0.15) is 123 Å². The minimum atomic E-state index is -0.215. The smallest absolute Gasteiger partial charge is 0.144 e. The lowest BCUT2D eigenvalue weighted by atomic mass is 10.1. The molecule has 0 bridgehead atoms. The Morgan fingerprint density at radius 1 is 0.667 bits per heavy atom. The highest BCUT2D eigenvalue weighted by Gasteiger charge is 2.07. The predicted molar refractivity (Wildman–Crippen MR) is 175 cm³/mol. The minimum Gasteiger partial charge on any atom is -0.371 e. The van der Waals surface area contributed by atoms with Crippen molar-refractivity contribution in [3.8, 4) is 0 Å². The normalized spacial score (nSPS) is 9.06. The van der Waals surface area contributed by atoms with Crippen LogP contribution < -0.4 is 0 Å². The van der Waals surface area contributed by atoms with Gasteiger partial charge in [-0.15, -0.1) is 11.8 Å². The summed E-state index contributed by atoms with van der Waals surface area (Å²) in [7, 11) is 0. The van der Waals surface area contributed by atoms with Gasteiger partial charge in [0.1, 0.15) is 13.6 Å². The van der Waals surface area contributed by atoms with Crippen molar-refractivity contribution in [3.05, 3.63) is 71.8 Å². The molecule has 2 aromatic rings. The second-order valence-corrected chi connectivity index (χ2v) is 6.55. The van der Waals surface area contributed by atoms with Crippen LogP contribution in [0.5, 0.6) is 0 Å². The Morgan fingerprint density at radius 2 is 1.06 bits per heavy atom. The van der Waals surface area contributed by atoms with E-state index < -0.39 is 0 Å². The van der Waals surface area contributed by atoms with Gasteiger partial charge in [-0.3, -0.25) is 0 Å². The standard InChI is InChI=1S/C10H14O2S.C10H14O2.C2H6.9CH4/c1-9(13-8-12-7-11)10-5-3-2-4-6-10;1-2-10(12-8-11)9-6-4-3-5-7-9;1-2;;;;;;;;;/h2-6,9,11H,7-8H2,1H3;3-7,10-11H,2,8H2,1H3;1-2H3;9*1H4. The lowest BCUT2D eigenvalue weighted by Crippen LogP contribution is -2.03. The van der Waals surface area contributed by atoms with Crippen molar-refractivity contribution in [1.82, 2.24) is 0 Å². The van der Waals surface area contributed by atoms with Crippen LogP contribution in [0.15, 0.2) is 60.7 Å². The van der Waals surface area contributed by atoms with Gasteiger partial charge in [-0.2, -0.15) is 0 Å². The highest BCUT2D eigenvalue weighted by atomic mass is 32.2. The highest BCUT2D eigenvalue weighted by Crippen LogP contribution is 2.27. The van der Waals surface area contributed by atoms with Crippen molar-refractivity contribution < 1.29 is 19.7 Å². The Morgan fingerprint density at radius 3 is 1.39 bits per heavy atom. The van der Waals surface area contributed by atoms with Crippen LogP contribution in [0, 0.1) is 0 Å². The molecule has 0 saturated heterocycles. The number of thioether (sulfide) groups is 1. The van der Waals surface area contributed by atoms with E-state index in [4.69, 9.17) is 19.7 Å². The maximum atomic E-state index is 8.61. The maximum absolute atomic E-state index is 8.61. The summed E-state index contributed by atoms with van der Waals surface area (Å²) in [5, 5.41) is 17.4. The zero-order valence-electron chi connectivity index (χ0n) is 16.9. The van der Waals surface area contributed by atoms with Crippen molar-refractivity contribution in [2.45, 2.75) is 112 Å². The molecule has 0 saturated carbocycles. The Labute approximate surface area is 234 Å². The molecule has 0 radical (unpaired) electrons. The first-order valence-corrected chi connectivity index (χ1v) is 10.4. The summed E-state index contributed by atoms with van der Waals surface area (Å²) in [5.41, 5.74) is 2.41. The van der Waals surface area contributed by atoms with Crippen molar-refractivity contribution in [3.63, 3.8) is 0 Å². The first-order valence-electron chi connectivity index (χ1n) is 9.35. The van der Waals surface area contributed by atoms with E-state index in [0.717, 1.165) is 12.0 Å². The van der Waals surface area contributed by atoms with Gasteiger partial charge in [-0.25, -0.2) is 0 Å². The number of rotatable bonds is 9. The average Bonchev–Trinajstić information content (AvgIpc) is 2.75. The maximum Gasteiger partial charge on any atom is 0.144 e. The Hall–Kier alpha value is -1.37. The van der Waals surface area contributed by atoms with Gasteiger partial charge < -0.3 is 19.7 Å². The molecule has 5 heteroatoms. The third-order valence-corrected chi connectivity index (χ3v) is 4.65. The molecule has 0 aromatic heterocycles. The third-order valence-electron chi connectivity index (χ3n) is 3.58. The van der Waals surface area contributed by atoms with E-state index >= 15 is 0 Å². The van der Waals surface area contributed by atoms with Crippen molar-refractivity contribution >= 4 is 11.8 Å². The van der Waals surface area contributed by atoms with E-state index in [9.17, 15) is 0 Å². The predicted octanol–water partition coefficient (Wildman–Crippen LogP) is 11.3. The molecule has 36 heavy (non-hydrogen) atoms. The van der Waals surface area contributed by atoms with Crippen molar-refractivity contribution in [1.29, 1.82) is 0 Å². The van der Waals surface area contributed by atoms with Crippen LogP contribution in [0.25, 0.3) is 0 Å². The SMILES string of the molecule is C.C.C.C.C.C.C.C.C.CC.CC(SCOCO)c1ccccc1.CCC(OCO)c1ccccc1. The third kappa shape index (κ3) is 30.7. The van der Waals surface area contributed by atoms with Crippen LogP contribution in [-0.2, 0) is 9.47 Å². The van der Waals surface area contributed by atoms with E-state index in [-0.39, 0.29) is 86.5 Å². The molecule has 2 rings (SSSR count). The number of ether oxygens (including phenoxy) is 2. The summed E-state index contributed by atoms with van der Waals surface area (Å²) in [6.45, 7) is 7.75. The number of aliphatic hydroxyl groups excluding tert-OH is 2. The fraction of sp³-hybridized carbons (Fsp3) is 0.613. The molecule has 0 aliphatic rings. The molecule has 0 amide bonds. The van der Waals surface area contributed by atoms with E-state index in [0.29, 0.717) is 11.2 Å². The van der Waals surface area contributed by atoms with E-state index in [1.54, 1.807) is 11.8 Å². The zero-order chi connectivity index (χ0) is 20.3. The van der Waals surface area contributed by atoms with Gasteiger partial charge in [0, 0.05) is 5.25 Å². The topological polar surface area (TPSA) is 58.9 Å². The molecule has 2 N–H and O–H groups in total. The van der Waals surface area contributed by atoms with Gasteiger partial charge in [0.25, 0.3) is 0 Å². The molecule has 0 spiro atoms. The highest BCUT2D eigenvalue weighted by molar-refractivity contribution is 7.99. The van der Waals surface area contributed by atoms with E-state index in [1.807, 2.05) is 69.3 Å². The fourth-order valence-corrected chi connectivity index (χ4v) is 2.94. The average molecular weight is 539 g/mol. The molecule has 0 aliphatic heterocycles. The van der Waals surface area contributed by atoms with Crippen molar-refractivity contribution in [2.24, 2.45) is 0 Å². The molecule has 224 valence electrons. The lowest BCUT2D eigenvalue weighted by Gasteiger charge is -2.13. The summed E-state index contributed by atoms with van der Waals surface area (Å²) in [6, 6.07) is 20.2. The zero-order valence-corrected chi connectivity index (χ0v) is 17.7. The Bertz CT molecular complexity index is 539. The van der Waals surface area contributed by atoms with Crippen LogP contribution in [-0.4, -0.2) is 29.7 Å². The van der Waals surface area contributed by atoms with Gasteiger partial charge in [0.15, 0.2) is 0 Å². The molecular weight excluding hydrogens is 468 g/mol. The second kappa shape index (κ2) is 46.9. The van der Waals surface area contributed by atoms with Gasteiger partial charge in [-0.1, -0.05) is 148 Å². The van der Waals surface area contributed by atoms with Crippen LogP contribution in [0.4, 0.5) is 0 Å². The Balaban J connectivity index is -0.0000000356. The van der Waals surface area contributed by atoms with Crippen molar-refractivity contribution in [2.75, 3.05) is 19.5 Å². The summed E-state index contributed by atoms with van der Waals surface area (Å²) < 4.78 is 9.98. The summed E-state index contributed by atoms with van der Waals surface area (Å²) >= 11 is 1.67. The van der Waals surface area contributed by atoms with Crippen LogP contribution in [0.2, 0.25) is 0 Å². The van der Waals surface area contributed by atoms with E-state index in [2.05, 4.69) is 19.1 Å².